The second kappa shape index (κ2) is 7.03. The molecule has 4 heteroatoms. The zero-order chi connectivity index (χ0) is 15.4. The van der Waals surface area contributed by atoms with Gasteiger partial charge in [-0.2, -0.15) is 0 Å². The van der Waals surface area contributed by atoms with Crippen LogP contribution in [-0.2, 0) is 6.54 Å². The maximum Gasteiger partial charge on any atom is 0.127 e. The van der Waals surface area contributed by atoms with E-state index in [2.05, 4.69) is 4.90 Å². The maximum atomic E-state index is 13.8. The summed E-state index contributed by atoms with van der Waals surface area (Å²) in [5.41, 5.74) is 7.87. The number of likely N-dealkylation sites (N-methyl/N-ethyl adjacent to an activating group) is 1. The third-order valence-corrected chi connectivity index (χ3v) is 3.81. The molecule has 0 saturated heterocycles. The predicted molar refractivity (Wildman–Crippen MR) is 85.7 cm³/mol. The van der Waals surface area contributed by atoms with Crippen LogP contribution < -0.4 is 5.73 Å². The highest BCUT2D eigenvalue weighted by molar-refractivity contribution is 6.30. The number of rotatable bonds is 5. The summed E-state index contributed by atoms with van der Waals surface area (Å²) in [4.78, 5) is 2.06. The SMILES string of the molecule is CC(N)C(c1ccc(Cl)cc1)N(C)Cc1ccccc1F. The molecule has 112 valence electrons. The van der Waals surface area contributed by atoms with Gasteiger partial charge in [0.1, 0.15) is 5.82 Å². The van der Waals surface area contributed by atoms with E-state index >= 15 is 0 Å². The van der Waals surface area contributed by atoms with Crippen LogP contribution in [-0.4, -0.2) is 18.0 Å². The van der Waals surface area contributed by atoms with Gasteiger partial charge in [-0.15, -0.1) is 0 Å². The highest BCUT2D eigenvalue weighted by atomic mass is 35.5. The summed E-state index contributed by atoms with van der Waals surface area (Å²) >= 11 is 5.93. The van der Waals surface area contributed by atoms with Crippen molar-refractivity contribution in [3.63, 3.8) is 0 Å². The van der Waals surface area contributed by atoms with E-state index in [1.807, 2.05) is 44.3 Å². The fourth-order valence-electron chi connectivity index (χ4n) is 2.61. The molecule has 21 heavy (non-hydrogen) atoms. The summed E-state index contributed by atoms with van der Waals surface area (Å²) in [6.07, 6.45) is 0. The van der Waals surface area contributed by atoms with Crippen molar-refractivity contribution in [1.29, 1.82) is 0 Å². The molecule has 0 spiro atoms. The first-order valence-electron chi connectivity index (χ1n) is 6.93. The van der Waals surface area contributed by atoms with Gasteiger partial charge in [-0.05, 0) is 37.7 Å². The normalized spacial score (nSPS) is 14.2. The molecule has 0 aliphatic rings. The lowest BCUT2D eigenvalue weighted by atomic mass is 9.99. The highest BCUT2D eigenvalue weighted by Gasteiger charge is 2.22. The fourth-order valence-corrected chi connectivity index (χ4v) is 2.74. The van der Waals surface area contributed by atoms with Crippen molar-refractivity contribution in [3.8, 4) is 0 Å². The summed E-state index contributed by atoms with van der Waals surface area (Å²) in [6, 6.07) is 14.4. The minimum atomic E-state index is -0.191. The molecule has 2 N–H and O–H groups in total. The van der Waals surface area contributed by atoms with Gasteiger partial charge >= 0.3 is 0 Å². The Morgan fingerprint density at radius 3 is 2.33 bits per heavy atom. The van der Waals surface area contributed by atoms with Gasteiger partial charge in [-0.1, -0.05) is 41.9 Å². The monoisotopic (exact) mass is 306 g/mol. The van der Waals surface area contributed by atoms with E-state index in [1.165, 1.54) is 6.07 Å². The van der Waals surface area contributed by atoms with E-state index in [1.54, 1.807) is 12.1 Å². The van der Waals surface area contributed by atoms with Gasteiger partial charge in [0.25, 0.3) is 0 Å². The van der Waals surface area contributed by atoms with E-state index in [0.717, 1.165) is 5.56 Å². The number of hydrogen-bond donors (Lipinski definition) is 1. The maximum absolute atomic E-state index is 13.8. The topological polar surface area (TPSA) is 29.3 Å². The molecule has 0 aliphatic heterocycles. The Kier molecular flexibility index (Phi) is 5.34. The van der Waals surface area contributed by atoms with Crippen molar-refractivity contribution < 1.29 is 4.39 Å². The first-order chi connectivity index (χ1) is 9.99. The Labute approximate surface area is 130 Å². The Morgan fingerprint density at radius 2 is 1.76 bits per heavy atom. The smallest absolute Gasteiger partial charge is 0.127 e. The van der Waals surface area contributed by atoms with Crippen LogP contribution in [0.25, 0.3) is 0 Å². The molecule has 2 nitrogen and oxygen atoms in total. The lowest BCUT2D eigenvalue weighted by Crippen LogP contribution is -2.37. The summed E-state index contributed by atoms with van der Waals surface area (Å²) < 4.78 is 13.8. The van der Waals surface area contributed by atoms with Gasteiger partial charge in [0.2, 0.25) is 0 Å². The highest BCUT2D eigenvalue weighted by Crippen LogP contribution is 2.25. The van der Waals surface area contributed by atoms with Crippen molar-refractivity contribution in [2.24, 2.45) is 5.73 Å². The molecule has 0 saturated carbocycles. The van der Waals surface area contributed by atoms with Crippen LogP contribution in [0.15, 0.2) is 48.5 Å². The zero-order valence-corrected chi connectivity index (χ0v) is 13.0. The van der Waals surface area contributed by atoms with Gasteiger partial charge in [-0.3, -0.25) is 4.90 Å². The number of benzene rings is 2. The van der Waals surface area contributed by atoms with Crippen LogP contribution in [0.3, 0.4) is 0 Å². The third kappa shape index (κ3) is 4.03. The largest absolute Gasteiger partial charge is 0.326 e. The zero-order valence-electron chi connectivity index (χ0n) is 12.3. The van der Waals surface area contributed by atoms with E-state index < -0.39 is 0 Å². The van der Waals surface area contributed by atoms with Gasteiger partial charge < -0.3 is 5.73 Å². The van der Waals surface area contributed by atoms with Crippen molar-refractivity contribution in [3.05, 3.63) is 70.5 Å². The summed E-state index contributed by atoms with van der Waals surface area (Å²) in [5.74, 6) is -0.191. The Balaban J connectivity index is 2.22. The van der Waals surface area contributed by atoms with E-state index in [4.69, 9.17) is 17.3 Å². The van der Waals surface area contributed by atoms with Gasteiger partial charge in [0.15, 0.2) is 0 Å². The number of hydrogen-bond acceptors (Lipinski definition) is 2. The average molecular weight is 307 g/mol. The average Bonchev–Trinajstić information content (AvgIpc) is 2.43. The molecule has 2 rings (SSSR count). The van der Waals surface area contributed by atoms with Crippen LogP contribution >= 0.6 is 11.6 Å². The second-order valence-corrected chi connectivity index (χ2v) is 5.80. The van der Waals surface area contributed by atoms with Crippen molar-refractivity contribution in [2.45, 2.75) is 25.6 Å². The molecule has 2 aromatic rings. The van der Waals surface area contributed by atoms with Crippen LogP contribution in [0.2, 0.25) is 5.02 Å². The van der Waals surface area contributed by atoms with Crippen molar-refractivity contribution in [1.82, 2.24) is 4.90 Å². The van der Waals surface area contributed by atoms with E-state index in [-0.39, 0.29) is 17.9 Å². The van der Waals surface area contributed by atoms with E-state index in [0.29, 0.717) is 17.1 Å². The molecule has 0 heterocycles. The van der Waals surface area contributed by atoms with E-state index in [9.17, 15) is 4.39 Å². The Bertz CT molecular complexity index is 584. The standard InChI is InChI=1S/C17H20ClFN2/c1-12(20)17(13-7-9-15(18)10-8-13)21(2)11-14-5-3-4-6-16(14)19/h3-10,12,17H,11,20H2,1-2H3. The lowest BCUT2D eigenvalue weighted by Gasteiger charge is -2.31. The van der Waals surface area contributed by atoms with Crippen LogP contribution in [0.1, 0.15) is 24.1 Å². The molecule has 0 amide bonds. The number of nitrogens with zero attached hydrogens (tertiary/aromatic N) is 1. The van der Waals surface area contributed by atoms with Gasteiger partial charge in [0, 0.05) is 29.2 Å². The number of halogens is 2. The fraction of sp³-hybridized carbons (Fsp3) is 0.294. The van der Waals surface area contributed by atoms with Crippen molar-refractivity contribution >= 4 is 11.6 Å². The molecule has 0 aromatic heterocycles. The molecule has 0 aliphatic carbocycles. The Hall–Kier alpha value is -1.42. The lowest BCUT2D eigenvalue weighted by molar-refractivity contribution is 0.208. The molecule has 2 atom stereocenters. The van der Waals surface area contributed by atoms with Crippen LogP contribution in [0, 0.1) is 5.82 Å². The summed E-state index contributed by atoms with van der Waals surface area (Å²) in [7, 11) is 1.95. The first kappa shape index (κ1) is 16.0. The van der Waals surface area contributed by atoms with Crippen LogP contribution in [0.4, 0.5) is 4.39 Å². The van der Waals surface area contributed by atoms with Crippen molar-refractivity contribution in [2.75, 3.05) is 7.05 Å². The molecule has 0 bridgehead atoms. The minimum absolute atomic E-state index is 0.00173. The first-order valence-corrected chi connectivity index (χ1v) is 7.31. The molecule has 0 fully saturated rings. The number of nitrogens with two attached hydrogens (primary N) is 1. The molecular weight excluding hydrogens is 287 g/mol. The Morgan fingerprint density at radius 1 is 1.14 bits per heavy atom. The molecule has 2 aromatic carbocycles. The molecular formula is C17H20ClFN2. The second-order valence-electron chi connectivity index (χ2n) is 5.36. The van der Waals surface area contributed by atoms with Crippen LogP contribution in [0.5, 0.6) is 0 Å². The predicted octanol–water partition coefficient (Wildman–Crippen LogP) is 4.00. The van der Waals surface area contributed by atoms with Gasteiger partial charge in [-0.25, -0.2) is 4.39 Å². The molecule has 0 radical (unpaired) electrons. The quantitative estimate of drug-likeness (QED) is 0.904. The summed E-state index contributed by atoms with van der Waals surface area (Å²) in [6.45, 7) is 2.46. The molecule has 2 unspecified atom stereocenters. The van der Waals surface area contributed by atoms with Gasteiger partial charge in [0.05, 0.1) is 0 Å². The third-order valence-electron chi connectivity index (χ3n) is 3.56. The summed E-state index contributed by atoms with van der Waals surface area (Å²) in [5, 5.41) is 0.693. The minimum Gasteiger partial charge on any atom is -0.326 e.